The second-order valence-electron chi connectivity index (χ2n) is 7.39. The predicted molar refractivity (Wildman–Crippen MR) is 103 cm³/mol. The van der Waals surface area contributed by atoms with Crippen LogP contribution in [-0.2, 0) is 6.42 Å². The van der Waals surface area contributed by atoms with Crippen LogP contribution in [-0.4, -0.2) is 25.1 Å². The number of hydrogen-bond donors (Lipinski definition) is 0. The van der Waals surface area contributed by atoms with Gasteiger partial charge in [0.25, 0.3) is 0 Å². The van der Waals surface area contributed by atoms with Gasteiger partial charge in [0.15, 0.2) is 0 Å². The molecule has 0 heterocycles. The number of aryl methyl sites for hydroxylation is 1. The van der Waals surface area contributed by atoms with Crippen LogP contribution in [0.4, 0.5) is 0 Å². The van der Waals surface area contributed by atoms with E-state index in [0.717, 1.165) is 4.48 Å². The maximum Gasteiger partial charge on any atom is 0.0913 e. The van der Waals surface area contributed by atoms with Gasteiger partial charge in [-0.25, -0.2) is 0 Å². The minimum Gasteiger partial charge on any atom is -0.302 e. The Labute approximate surface area is 145 Å². The van der Waals surface area contributed by atoms with Gasteiger partial charge in [-0.05, 0) is 43.7 Å². The zero-order chi connectivity index (χ0) is 16.8. The van der Waals surface area contributed by atoms with Gasteiger partial charge in [-0.3, -0.25) is 0 Å². The van der Waals surface area contributed by atoms with Crippen molar-refractivity contribution in [3.63, 3.8) is 0 Å². The molecular weight excluding hydrogens is 278 g/mol. The highest BCUT2D eigenvalue weighted by atomic mass is 15.3. The number of nitrogens with zero attached hydrogens (tertiary/aromatic N) is 1. The van der Waals surface area contributed by atoms with E-state index in [9.17, 15) is 0 Å². The van der Waals surface area contributed by atoms with Gasteiger partial charge in [0.1, 0.15) is 0 Å². The Hall–Kier alpha value is -1.08. The second-order valence-corrected chi connectivity index (χ2v) is 7.39. The molecule has 0 bridgehead atoms. The topological polar surface area (TPSA) is 0 Å². The van der Waals surface area contributed by atoms with E-state index in [1.165, 1.54) is 76.3 Å². The van der Waals surface area contributed by atoms with E-state index >= 15 is 0 Å². The molecule has 0 aliphatic rings. The second kappa shape index (κ2) is 12.4. The minimum absolute atomic E-state index is 1.02. The van der Waals surface area contributed by atoms with Crippen molar-refractivity contribution in [1.29, 1.82) is 0 Å². The number of hydrogen-bond acceptors (Lipinski definition) is 0. The predicted octanol–water partition coefficient (Wildman–Crippen LogP) is 6.35. The average molecular weight is 317 g/mol. The molecule has 130 valence electrons. The van der Waals surface area contributed by atoms with E-state index in [2.05, 4.69) is 63.6 Å². The normalized spacial score (nSPS) is 12.1. The summed E-state index contributed by atoms with van der Waals surface area (Å²) >= 11 is 0. The van der Waals surface area contributed by atoms with Crippen LogP contribution in [0.3, 0.4) is 0 Å². The van der Waals surface area contributed by atoms with Crippen LogP contribution in [0.25, 0.3) is 0 Å². The summed E-state index contributed by atoms with van der Waals surface area (Å²) < 4.78 is 1.02. The fourth-order valence-corrected chi connectivity index (χ4v) is 2.97. The van der Waals surface area contributed by atoms with E-state index in [-0.39, 0.29) is 0 Å². The lowest BCUT2D eigenvalue weighted by molar-refractivity contribution is -0.839. The van der Waals surface area contributed by atoms with Crippen molar-refractivity contribution in [3.8, 4) is 0 Å². The van der Waals surface area contributed by atoms with Crippen LogP contribution in [0.15, 0.2) is 42.6 Å². The summed E-state index contributed by atoms with van der Waals surface area (Å²) in [5.41, 5.74) is 1.47. The quantitative estimate of drug-likeness (QED) is 0.294. The van der Waals surface area contributed by atoms with Crippen molar-refractivity contribution >= 4 is 0 Å². The molecule has 0 amide bonds. The Balaban J connectivity index is 2.06. The first-order chi connectivity index (χ1) is 11.1. The average Bonchev–Trinajstić information content (AvgIpc) is 2.55. The molecule has 0 saturated heterocycles. The summed E-state index contributed by atoms with van der Waals surface area (Å²) in [4.78, 5) is 0. The fraction of sp³-hybridized carbons (Fsp3) is 0.636. The molecule has 0 aliphatic heterocycles. The lowest BCUT2D eigenvalue weighted by Crippen LogP contribution is -2.34. The summed E-state index contributed by atoms with van der Waals surface area (Å²) in [5, 5.41) is 0. The molecule has 1 aromatic rings. The standard InChI is InChI=1S/C22H38N/c1-4-5-6-7-8-9-10-15-20-23(2,3)21-16-14-19-22-17-12-11-13-18-22/h11-13,15,17-18,20H,4-10,14,16,19,21H2,1-3H3/q+1. The van der Waals surface area contributed by atoms with Gasteiger partial charge in [-0.15, -0.1) is 0 Å². The van der Waals surface area contributed by atoms with E-state index in [4.69, 9.17) is 0 Å². The molecule has 0 aliphatic carbocycles. The van der Waals surface area contributed by atoms with Crippen LogP contribution >= 0.6 is 0 Å². The van der Waals surface area contributed by atoms with Crippen molar-refractivity contribution in [2.75, 3.05) is 20.6 Å². The van der Waals surface area contributed by atoms with Gasteiger partial charge in [0, 0.05) is 0 Å². The Morgan fingerprint density at radius 1 is 0.826 bits per heavy atom. The van der Waals surface area contributed by atoms with E-state index in [1.54, 1.807) is 0 Å². The SMILES string of the molecule is CCCCCCCCC=C[N+](C)(C)CCCCc1ccccc1. The molecule has 0 atom stereocenters. The Kier molecular flexibility index (Phi) is 10.7. The molecule has 0 unspecified atom stereocenters. The third-order valence-electron chi connectivity index (χ3n) is 4.53. The Morgan fingerprint density at radius 3 is 2.26 bits per heavy atom. The molecule has 0 spiro atoms. The monoisotopic (exact) mass is 316 g/mol. The van der Waals surface area contributed by atoms with Crippen LogP contribution in [0.5, 0.6) is 0 Å². The zero-order valence-electron chi connectivity index (χ0n) is 15.8. The molecule has 0 N–H and O–H groups in total. The van der Waals surface area contributed by atoms with Crippen molar-refractivity contribution in [2.45, 2.75) is 71.1 Å². The van der Waals surface area contributed by atoms with Crippen molar-refractivity contribution in [1.82, 2.24) is 0 Å². The highest BCUT2D eigenvalue weighted by Gasteiger charge is 2.09. The molecule has 23 heavy (non-hydrogen) atoms. The number of allylic oxidation sites excluding steroid dienone is 1. The van der Waals surface area contributed by atoms with Gasteiger partial charge >= 0.3 is 0 Å². The minimum atomic E-state index is 1.02. The molecule has 0 aromatic heterocycles. The molecule has 0 radical (unpaired) electrons. The van der Waals surface area contributed by atoms with Crippen LogP contribution < -0.4 is 0 Å². The fourth-order valence-electron chi connectivity index (χ4n) is 2.97. The first-order valence-electron chi connectivity index (χ1n) is 9.68. The first-order valence-corrected chi connectivity index (χ1v) is 9.68. The first kappa shape index (κ1) is 20.0. The highest BCUT2D eigenvalue weighted by molar-refractivity contribution is 5.14. The van der Waals surface area contributed by atoms with Gasteiger partial charge in [-0.1, -0.05) is 69.4 Å². The molecular formula is C22H38N+. The van der Waals surface area contributed by atoms with E-state index < -0.39 is 0 Å². The van der Waals surface area contributed by atoms with Crippen LogP contribution in [0, 0.1) is 0 Å². The van der Waals surface area contributed by atoms with E-state index in [0.29, 0.717) is 0 Å². The summed E-state index contributed by atoms with van der Waals surface area (Å²) in [6.07, 6.45) is 18.2. The maximum absolute atomic E-state index is 2.40. The van der Waals surface area contributed by atoms with Crippen molar-refractivity contribution in [3.05, 3.63) is 48.2 Å². The molecule has 1 rings (SSSR count). The van der Waals surface area contributed by atoms with Gasteiger partial charge in [0.05, 0.1) is 26.8 Å². The molecule has 1 nitrogen and oxygen atoms in total. The zero-order valence-corrected chi connectivity index (χ0v) is 15.8. The lowest BCUT2D eigenvalue weighted by Gasteiger charge is -2.25. The van der Waals surface area contributed by atoms with Gasteiger partial charge < -0.3 is 4.48 Å². The maximum atomic E-state index is 2.40. The van der Waals surface area contributed by atoms with Crippen molar-refractivity contribution < 1.29 is 4.48 Å². The third kappa shape index (κ3) is 11.1. The summed E-state index contributed by atoms with van der Waals surface area (Å²) in [5.74, 6) is 0. The largest absolute Gasteiger partial charge is 0.302 e. The smallest absolute Gasteiger partial charge is 0.0913 e. The van der Waals surface area contributed by atoms with E-state index in [1.807, 2.05) is 0 Å². The Bertz CT molecular complexity index is 405. The molecule has 1 aromatic carbocycles. The summed E-state index contributed by atoms with van der Waals surface area (Å²) in [6, 6.07) is 10.8. The summed E-state index contributed by atoms with van der Waals surface area (Å²) in [6.45, 7) is 3.52. The lowest BCUT2D eigenvalue weighted by atomic mass is 10.1. The number of unbranched alkanes of at least 4 members (excludes halogenated alkanes) is 7. The highest BCUT2D eigenvalue weighted by Crippen LogP contribution is 2.10. The van der Waals surface area contributed by atoms with Crippen molar-refractivity contribution in [2.24, 2.45) is 0 Å². The van der Waals surface area contributed by atoms with Gasteiger partial charge in [0.2, 0.25) is 0 Å². The molecule has 0 fully saturated rings. The molecule has 1 heteroatoms. The molecule has 0 saturated carbocycles. The number of benzene rings is 1. The van der Waals surface area contributed by atoms with Crippen LogP contribution in [0.1, 0.15) is 70.3 Å². The van der Waals surface area contributed by atoms with Gasteiger partial charge in [-0.2, -0.15) is 0 Å². The number of quaternary nitrogens is 1. The number of rotatable bonds is 13. The Morgan fingerprint density at radius 2 is 1.52 bits per heavy atom. The van der Waals surface area contributed by atoms with Crippen LogP contribution in [0.2, 0.25) is 0 Å². The summed E-state index contributed by atoms with van der Waals surface area (Å²) in [7, 11) is 4.64. The third-order valence-corrected chi connectivity index (χ3v) is 4.53.